The fraction of sp³-hybridized carbons (Fsp3) is 0.200. The highest BCUT2D eigenvalue weighted by atomic mass is 79.9. The minimum atomic E-state index is -0.273. The van der Waals surface area contributed by atoms with Gasteiger partial charge in [0.25, 0.3) is 0 Å². The van der Waals surface area contributed by atoms with Gasteiger partial charge in [0, 0.05) is 4.47 Å². The maximum Gasteiger partial charge on any atom is 0.124 e. The van der Waals surface area contributed by atoms with E-state index in [0.717, 1.165) is 11.1 Å². The Morgan fingerprint density at radius 1 is 1.62 bits per heavy atom. The van der Waals surface area contributed by atoms with Crippen molar-refractivity contribution in [2.45, 2.75) is 6.92 Å². The lowest BCUT2D eigenvalue weighted by Gasteiger charge is -2.00. The number of halogens is 2. The zero-order valence-electron chi connectivity index (χ0n) is 7.22. The van der Waals surface area contributed by atoms with Gasteiger partial charge in [0.05, 0.1) is 6.61 Å². The van der Waals surface area contributed by atoms with Gasteiger partial charge in [-0.15, -0.1) is 0 Å². The molecule has 3 heteroatoms. The minimum Gasteiger partial charge on any atom is -0.392 e. The summed E-state index contributed by atoms with van der Waals surface area (Å²) in [4.78, 5) is 0. The lowest BCUT2D eigenvalue weighted by Crippen LogP contribution is -1.85. The number of rotatable bonds is 2. The summed E-state index contributed by atoms with van der Waals surface area (Å²) in [5, 5.41) is 8.78. The van der Waals surface area contributed by atoms with Crippen LogP contribution in [0.4, 0.5) is 4.39 Å². The van der Waals surface area contributed by atoms with Crippen LogP contribution in [0.2, 0.25) is 0 Å². The summed E-state index contributed by atoms with van der Waals surface area (Å²) in [6.45, 7) is 1.83. The summed E-state index contributed by atoms with van der Waals surface area (Å²) >= 11 is 3.24. The van der Waals surface area contributed by atoms with E-state index in [2.05, 4.69) is 15.9 Å². The summed E-state index contributed by atoms with van der Waals surface area (Å²) in [5.41, 5.74) is 1.71. The van der Waals surface area contributed by atoms with Gasteiger partial charge in [0.15, 0.2) is 0 Å². The van der Waals surface area contributed by atoms with Crippen molar-refractivity contribution >= 4 is 22.0 Å². The lowest BCUT2D eigenvalue weighted by atomic mass is 10.1. The summed E-state index contributed by atoms with van der Waals surface area (Å²) in [7, 11) is 0. The predicted molar refractivity (Wildman–Crippen MR) is 54.8 cm³/mol. The van der Waals surface area contributed by atoms with Gasteiger partial charge in [-0.25, -0.2) is 4.39 Å². The third-order valence-electron chi connectivity index (χ3n) is 1.61. The second-order valence-corrected chi connectivity index (χ2v) is 3.67. The molecule has 0 aliphatic carbocycles. The Morgan fingerprint density at radius 3 is 2.85 bits per heavy atom. The maximum absolute atomic E-state index is 12.7. The highest BCUT2D eigenvalue weighted by Crippen LogP contribution is 2.20. The van der Waals surface area contributed by atoms with Crippen molar-refractivity contribution in [3.05, 3.63) is 39.6 Å². The van der Waals surface area contributed by atoms with E-state index >= 15 is 0 Å². The molecule has 0 atom stereocenters. The smallest absolute Gasteiger partial charge is 0.124 e. The van der Waals surface area contributed by atoms with Crippen LogP contribution in [0.1, 0.15) is 12.5 Å². The summed E-state index contributed by atoms with van der Waals surface area (Å²) in [6, 6.07) is 4.45. The molecule has 0 aliphatic heterocycles. The highest BCUT2D eigenvalue weighted by Gasteiger charge is 1.98. The first-order valence-corrected chi connectivity index (χ1v) is 4.66. The Hall–Kier alpha value is -0.670. The summed E-state index contributed by atoms with van der Waals surface area (Å²) < 4.78 is 13.4. The van der Waals surface area contributed by atoms with Crippen molar-refractivity contribution in [2.24, 2.45) is 0 Å². The van der Waals surface area contributed by atoms with E-state index in [9.17, 15) is 4.39 Å². The van der Waals surface area contributed by atoms with Crippen LogP contribution in [0, 0.1) is 5.82 Å². The molecular formula is C10H10BrFO. The van der Waals surface area contributed by atoms with Gasteiger partial charge in [-0.2, -0.15) is 0 Å². The van der Waals surface area contributed by atoms with E-state index in [4.69, 9.17) is 5.11 Å². The van der Waals surface area contributed by atoms with Crippen molar-refractivity contribution in [1.82, 2.24) is 0 Å². The number of hydrogen-bond donors (Lipinski definition) is 1. The molecule has 1 aromatic carbocycles. The van der Waals surface area contributed by atoms with E-state index in [1.807, 2.05) is 13.0 Å². The van der Waals surface area contributed by atoms with E-state index in [0.29, 0.717) is 4.47 Å². The molecule has 0 spiro atoms. The predicted octanol–water partition coefficient (Wildman–Crippen LogP) is 2.98. The topological polar surface area (TPSA) is 20.2 Å². The Bertz CT molecular complexity index is 334. The second kappa shape index (κ2) is 4.53. The number of benzene rings is 1. The zero-order chi connectivity index (χ0) is 9.84. The Morgan fingerprint density at radius 2 is 2.31 bits per heavy atom. The summed E-state index contributed by atoms with van der Waals surface area (Å²) in [6.07, 6.45) is 1.81. The highest BCUT2D eigenvalue weighted by molar-refractivity contribution is 9.10. The van der Waals surface area contributed by atoms with Crippen molar-refractivity contribution in [2.75, 3.05) is 6.61 Å². The van der Waals surface area contributed by atoms with Gasteiger partial charge < -0.3 is 5.11 Å². The van der Waals surface area contributed by atoms with Crippen LogP contribution in [-0.4, -0.2) is 11.7 Å². The molecule has 0 saturated carbocycles. The standard InChI is InChI=1S/C10H10BrFO/c1-7(6-13)4-8-2-3-9(12)5-10(8)11/h2-5,13H,6H2,1H3/b7-4-. The number of aliphatic hydroxyl groups excluding tert-OH is 1. The molecule has 1 rings (SSSR count). The molecule has 0 radical (unpaired) electrons. The first-order valence-electron chi connectivity index (χ1n) is 3.86. The van der Waals surface area contributed by atoms with Crippen LogP contribution in [0.5, 0.6) is 0 Å². The number of hydrogen-bond acceptors (Lipinski definition) is 1. The Kier molecular flexibility index (Phi) is 3.63. The van der Waals surface area contributed by atoms with Gasteiger partial charge in [-0.3, -0.25) is 0 Å². The fourth-order valence-corrected chi connectivity index (χ4v) is 1.39. The van der Waals surface area contributed by atoms with Crippen LogP contribution in [0.25, 0.3) is 6.08 Å². The van der Waals surface area contributed by atoms with Crippen LogP contribution >= 0.6 is 15.9 Å². The quantitative estimate of drug-likeness (QED) is 0.849. The lowest BCUT2D eigenvalue weighted by molar-refractivity contribution is 0.332. The first kappa shape index (κ1) is 10.4. The molecule has 70 valence electrons. The average molecular weight is 245 g/mol. The van der Waals surface area contributed by atoms with Crippen molar-refractivity contribution in [1.29, 1.82) is 0 Å². The van der Waals surface area contributed by atoms with Crippen molar-refractivity contribution in [3.8, 4) is 0 Å². The second-order valence-electron chi connectivity index (χ2n) is 2.81. The molecule has 0 heterocycles. The molecule has 0 fully saturated rings. The minimum absolute atomic E-state index is 0.0177. The molecule has 1 nitrogen and oxygen atoms in total. The Labute approximate surface area is 85.0 Å². The van der Waals surface area contributed by atoms with Gasteiger partial charge in [0.2, 0.25) is 0 Å². The zero-order valence-corrected chi connectivity index (χ0v) is 8.81. The Balaban J connectivity index is 3.03. The van der Waals surface area contributed by atoms with Gasteiger partial charge in [-0.1, -0.05) is 28.1 Å². The molecule has 0 aliphatic rings. The molecule has 0 amide bonds. The van der Waals surface area contributed by atoms with Crippen molar-refractivity contribution in [3.63, 3.8) is 0 Å². The molecule has 13 heavy (non-hydrogen) atoms. The normalized spacial score (nSPS) is 11.8. The van der Waals surface area contributed by atoms with Crippen LogP contribution in [0.3, 0.4) is 0 Å². The molecule has 0 saturated heterocycles. The third-order valence-corrected chi connectivity index (χ3v) is 2.30. The maximum atomic E-state index is 12.7. The molecule has 1 N–H and O–H groups in total. The molecule has 0 aromatic heterocycles. The third kappa shape index (κ3) is 2.94. The van der Waals surface area contributed by atoms with E-state index in [1.54, 1.807) is 6.07 Å². The van der Waals surface area contributed by atoms with Crippen molar-refractivity contribution < 1.29 is 9.50 Å². The largest absolute Gasteiger partial charge is 0.392 e. The average Bonchev–Trinajstić information content (AvgIpc) is 2.09. The summed E-state index contributed by atoms with van der Waals surface area (Å²) in [5.74, 6) is -0.273. The van der Waals surface area contributed by atoms with Crippen LogP contribution in [-0.2, 0) is 0 Å². The van der Waals surface area contributed by atoms with Crippen LogP contribution < -0.4 is 0 Å². The van der Waals surface area contributed by atoms with Crippen LogP contribution in [0.15, 0.2) is 28.2 Å². The number of aliphatic hydroxyl groups is 1. The molecule has 0 bridgehead atoms. The van der Waals surface area contributed by atoms with E-state index in [-0.39, 0.29) is 12.4 Å². The monoisotopic (exact) mass is 244 g/mol. The van der Waals surface area contributed by atoms with E-state index in [1.165, 1.54) is 12.1 Å². The van der Waals surface area contributed by atoms with Gasteiger partial charge in [-0.05, 0) is 30.2 Å². The van der Waals surface area contributed by atoms with Gasteiger partial charge in [0.1, 0.15) is 5.82 Å². The fourth-order valence-electron chi connectivity index (χ4n) is 0.930. The molecule has 0 unspecified atom stereocenters. The SMILES string of the molecule is C/C(=C/c1ccc(F)cc1Br)CO. The first-order chi connectivity index (χ1) is 6.13. The molecule has 1 aromatic rings. The van der Waals surface area contributed by atoms with E-state index < -0.39 is 0 Å². The van der Waals surface area contributed by atoms with Gasteiger partial charge >= 0.3 is 0 Å². The molecular weight excluding hydrogens is 235 g/mol.